The Balaban J connectivity index is 0.000000217. The molecule has 0 radical (unpaired) electrons. The maximum atomic E-state index is 9.75. The zero-order valence-corrected chi connectivity index (χ0v) is 6.35. The van der Waals surface area contributed by atoms with E-state index in [-0.39, 0.29) is 0 Å². The Labute approximate surface area is 66.8 Å². The standard InChI is InChI=1S/C4H7N3.BF4/c1-2-7-4-3-5-6-7;2-1(3,4)5/h3-4H,2H2,1H3;/q;-1/p+1. The molecule has 1 atom stereocenters. The van der Waals surface area contributed by atoms with E-state index in [9.17, 15) is 17.3 Å². The minimum atomic E-state index is -6.00. The van der Waals surface area contributed by atoms with Crippen LogP contribution in [0.1, 0.15) is 6.92 Å². The van der Waals surface area contributed by atoms with Gasteiger partial charge in [-0.25, -0.2) is 0 Å². The molecular formula is C4H8BF4N3. The summed E-state index contributed by atoms with van der Waals surface area (Å²) in [4.78, 5) is 0. The van der Waals surface area contributed by atoms with E-state index in [0.29, 0.717) is 0 Å². The highest BCUT2D eigenvalue weighted by atomic mass is 19.5. The van der Waals surface area contributed by atoms with Gasteiger partial charge >= 0.3 is 7.25 Å². The van der Waals surface area contributed by atoms with E-state index in [1.54, 1.807) is 6.20 Å². The first-order valence-electron chi connectivity index (χ1n) is 3.24. The summed E-state index contributed by atoms with van der Waals surface area (Å²) in [5, 5.41) is 8.50. The first-order valence-corrected chi connectivity index (χ1v) is 3.24. The van der Waals surface area contributed by atoms with E-state index in [1.807, 2.05) is 6.20 Å². The number of rotatable bonds is 1. The maximum absolute atomic E-state index is 9.75. The summed E-state index contributed by atoms with van der Waals surface area (Å²) < 4.78 is 39.0. The van der Waals surface area contributed by atoms with Crippen molar-refractivity contribution in [2.24, 2.45) is 10.3 Å². The van der Waals surface area contributed by atoms with Crippen LogP contribution in [-0.2, 0) is 0 Å². The van der Waals surface area contributed by atoms with Gasteiger partial charge in [0.25, 0.3) is 0 Å². The Hall–Kier alpha value is -0.915. The number of nitrogens with one attached hydrogen (secondary N) is 1. The van der Waals surface area contributed by atoms with Crippen molar-refractivity contribution in [1.29, 1.82) is 0 Å². The summed E-state index contributed by atoms with van der Waals surface area (Å²) in [6.45, 7) is 3.05. The molecule has 0 amide bonds. The van der Waals surface area contributed by atoms with Crippen LogP contribution in [-0.4, -0.2) is 13.8 Å². The van der Waals surface area contributed by atoms with Gasteiger partial charge < -0.3 is 17.3 Å². The molecular weight excluding hydrogens is 177 g/mol. The Morgan fingerprint density at radius 3 is 2.00 bits per heavy atom. The van der Waals surface area contributed by atoms with Crippen molar-refractivity contribution in [3.05, 3.63) is 12.4 Å². The third-order valence-electron chi connectivity index (χ3n) is 0.882. The number of quaternary nitrogens is 1. The van der Waals surface area contributed by atoms with Crippen LogP contribution in [0, 0.1) is 0 Å². The first kappa shape index (κ1) is 11.1. The molecule has 3 nitrogen and oxygen atoms in total. The Morgan fingerprint density at radius 1 is 1.33 bits per heavy atom. The van der Waals surface area contributed by atoms with Gasteiger partial charge in [0.1, 0.15) is 18.9 Å². The summed E-state index contributed by atoms with van der Waals surface area (Å²) in [6.07, 6.45) is 3.62. The number of hydrogen-bond donors (Lipinski definition) is 1. The molecule has 0 aromatic heterocycles. The predicted molar refractivity (Wildman–Crippen MR) is 35.7 cm³/mol. The number of hydrogen-bond acceptors (Lipinski definition) is 2. The molecule has 0 fully saturated rings. The Morgan fingerprint density at radius 2 is 1.83 bits per heavy atom. The molecule has 1 unspecified atom stereocenters. The van der Waals surface area contributed by atoms with Crippen molar-refractivity contribution < 1.29 is 22.3 Å². The summed E-state index contributed by atoms with van der Waals surface area (Å²) >= 11 is 0. The van der Waals surface area contributed by atoms with Gasteiger partial charge in [0, 0.05) is 5.22 Å². The molecule has 1 heterocycles. The van der Waals surface area contributed by atoms with Crippen LogP contribution in [0.25, 0.3) is 0 Å². The molecule has 0 saturated heterocycles. The second kappa shape index (κ2) is 4.86. The molecule has 0 aromatic rings. The van der Waals surface area contributed by atoms with Crippen LogP contribution in [0.3, 0.4) is 0 Å². The summed E-state index contributed by atoms with van der Waals surface area (Å²) in [5.74, 6) is 0. The fraction of sp³-hybridized carbons (Fsp3) is 0.500. The lowest BCUT2D eigenvalue weighted by molar-refractivity contribution is -0.853. The lowest BCUT2D eigenvalue weighted by Crippen LogP contribution is -3.01. The van der Waals surface area contributed by atoms with E-state index >= 15 is 0 Å². The highest BCUT2D eigenvalue weighted by Crippen LogP contribution is 2.06. The first-order chi connectivity index (χ1) is 5.43. The summed E-state index contributed by atoms with van der Waals surface area (Å²) in [5.41, 5.74) is 0. The smallest absolute Gasteiger partial charge is 0.418 e. The van der Waals surface area contributed by atoms with Crippen LogP contribution in [0.15, 0.2) is 22.7 Å². The van der Waals surface area contributed by atoms with Crippen molar-refractivity contribution in [3.8, 4) is 0 Å². The van der Waals surface area contributed by atoms with Gasteiger partial charge in [-0.1, -0.05) is 0 Å². The highest BCUT2D eigenvalue weighted by Gasteiger charge is 2.20. The number of halogens is 4. The van der Waals surface area contributed by atoms with Crippen molar-refractivity contribution >= 4 is 7.25 Å². The van der Waals surface area contributed by atoms with Crippen molar-refractivity contribution in [2.45, 2.75) is 6.92 Å². The Kier molecular flexibility index (Phi) is 4.49. The monoisotopic (exact) mass is 185 g/mol. The molecule has 0 spiro atoms. The topological polar surface area (TPSA) is 29.2 Å². The van der Waals surface area contributed by atoms with Crippen LogP contribution >= 0.6 is 0 Å². The molecule has 1 rings (SSSR count). The normalized spacial score (nSPS) is 20.6. The van der Waals surface area contributed by atoms with E-state index in [4.69, 9.17) is 0 Å². The predicted octanol–water partition coefficient (Wildman–Crippen LogP) is 1.04. The SMILES string of the molecule is CC[NH+]1C=CN=N1.F[B-](F)(F)F. The van der Waals surface area contributed by atoms with Gasteiger partial charge in [-0.3, -0.25) is 0 Å². The van der Waals surface area contributed by atoms with Gasteiger partial charge in [0.2, 0.25) is 0 Å². The third-order valence-corrected chi connectivity index (χ3v) is 0.882. The van der Waals surface area contributed by atoms with E-state index < -0.39 is 7.25 Å². The average Bonchev–Trinajstić information content (AvgIpc) is 2.33. The van der Waals surface area contributed by atoms with Crippen LogP contribution < -0.4 is 5.01 Å². The lowest BCUT2D eigenvalue weighted by atomic mass is 10.3. The molecule has 0 aliphatic carbocycles. The van der Waals surface area contributed by atoms with Gasteiger partial charge in [-0.2, -0.15) is 5.01 Å². The van der Waals surface area contributed by atoms with Crippen LogP contribution in [0.2, 0.25) is 0 Å². The third kappa shape index (κ3) is 9.08. The van der Waals surface area contributed by atoms with Gasteiger partial charge in [0.15, 0.2) is 0 Å². The minimum Gasteiger partial charge on any atom is -0.418 e. The largest absolute Gasteiger partial charge is 0.673 e. The molecule has 0 saturated carbocycles. The fourth-order valence-electron chi connectivity index (χ4n) is 0.449. The zero-order valence-electron chi connectivity index (χ0n) is 6.35. The molecule has 1 aliphatic heterocycles. The average molecular weight is 185 g/mol. The zero-order chi connectivity index (χ0) is 9.61. The van der Waals surface area contributed by atoms with Crippen LogP contribution in [0.5, 0.6) is 0 Å². The molecule has 0 bridgehead atoms. The molecule has 70 valence electrons. The maximum Gasteiger partial charge on any atom is 0.673 e. The van der Waals surface area contributed by atoms with E-state index in [1.165, 1.54) is 0 Å². The van der Waals surface area contributed by atoms with Gasteiger partial charge in [0.05, 0.1) is 0 Å². The van der Waals surface area contributed by atoms with Crippen molar-refractivity contribution in [2.75, 3.05) is 6.54 Å². The van der Waals surface area contributed by atoms with Gasteiger partial charge in [-0.15, -0.1) is 5.11 Å². The Bertz CT molecular complexity index is 160. The second-order valence-electron chi connectivity index (χ2n) is 1.87. The van der Waals surface area contributed by atoms with Crippen LogP contribution in [0.4, 0.5) is 17.3 Å². The van der Waals surface area contributed by atoms with Crippen molar-refractivity contribution in [3.63, 3.8) is 0 Å². The van der Waals surface area contributed by atoms with E-state index in [2.05, 4.69) is 17.3 Å². The molecule has 1 N–H and O–H groups in total. The molecule has 1 aliphatic rings. The second-order valence-corrected chi connectivity index (χ2v) is 1.87. The minimum absolute atomic E-state index is 0.986. The van der Waals surface area contributed by atoms with E-state index in [0.717, 1.165) is 11.6 Å². The summed E-state index contributed by atoms with van der Waals surface area (Å²) in [7, 11) is -6.00. The fourth-order valence-corrected chi connectivity index (χ4v) is 0.449. The highest BCUT2D eigenvalue weighted by molar-refractivity contribution is 6.50. The van der Waals surface area contributed by atoms with Crippen molar-refractivity contribution in [1.82, 2.24) is 0 Å². The quantitative estimate of drug-likeness (QED) is 0.467. The molecule has 8 heteroatoms. The number of nitrogens with zero attached hydrogens (tertiary/aromatic N) is 2. The lowest BCUT2D eigenvalue weighted by Gasteiger charge is -1.94. The summed E-state index contributed by atoms with van der Waals surface area (Å²) in [6, 6.07) is 0. The molecule has 12 heavy (non-hydrogen) atoms. The van der Waals surface area contributed by atoms with Gasteiger partial charge in [-0.05, 0) is 6.92 Å². The molecule has 0 aromatic carbocycles.